The third-order valence-corrected chi connectivity index (χ3v) is 4.54. The van der Waals surface area contributed by atoms with E-state index in [2.05, 4.69) is 5.32 Å². The Morgan fingerprint density at radius 3 is 2.63 bits per heavy atom. The number of fused-ring (bicyclic) bond motifs is 2. The second-order valence-corrected chi connectivity index (χ2v) is 7.45. The van der Waals surface area contributed by atoms with Crippen LogP contribution in [0.3, 0.4) is 0 Å². The molecule has 0 radical (unpaired) electrons. The number of benzene rings is 2. The Labute approximate surface area is 173 Å². The lowest BCUT2D eigenvalue weighted by Gasteiger charge is -2.23. The zero-order valence-electron chi connectivity index (χ0n) is 17.2. The molecule has 158 valence electrons. The number of carboxylic acid groups (broad SMARTS) is 1. The van der Waals surface area contributed by atoms with Gasteiger partial charge in [-0.15, -0.1) is 0 Å². The number of ether oxygens (including phenoxy) is 3. The summed E-state index contributed by atoms with van der Waals surface area (Å²) in [5.74, 6) is -0.320. The highest BCUT2D eigenvalue weighted by Gasteiger charge is 2.30. The number of carbonyl (C=O) groups excluding carboxylic acids is 2. The molecule has 2 aromatic carbocycles. The summed E-state index contributed by atoms with van der Waals surface area (Å²) in [6.07, 6.45) is -0.960. The Bertz CT molecular complexity index is 1030. The van der Waals surface area contributed by atoms with Gasteiger partial charge in [0.1, 0.15) is 23.7 Å². The predicted molar refractivity (Wildman–Crippen MR) is 109 cm³/mol. The number of carbonyl (C=O) groups is 3. The van der Waals surface area contributed by atoms with Crippen LogP contribution in [0.5, 0.6) is 17.2 Å². The summed E-state index contributed by atoms with van der Waals surface area (Å²) in [5.41, 5.74) is 1.75. The van der Waals surface area contributed by atoms with Gasteiger partial charge in [0.05, 0.1) is 18.4 Å². The smallest absolute Gasteiger partial charge is 0.409 e. The van der Waals surface area contributed by atoms with Crippen molar-refractivity contribution in [3.8, 4) is 17.2 Å². The average molecular weight is 413 g/mol. The summed E-state index contributed by atoms with van der Waals surface area (Å²) in [6, 6.07) is 6.40. The predicted octanol–water partition coefficient (Wildman–Crippen LogP) is 4.79. The lowest BCUT2D eigenvalue weighted by Crippen LogP contribution is -2.17. The molecule has 8 nitrogen and oxygen atoms in total. The van der Waals surface area contributed by atoms with Gasteiger partial charge in [0.15, 0.2) is 11.5 Å². The number of cyclic esters (lactones) is 1. The molecule has 0 spiro atoms. The second-order valence-electron chi connectivity index (χ2n) is 7.45. The Kier molecular flexibility index (Phi) is 5.96. The van der Waals surface area contributed by atoms with E-state index in [1.165, 1.54) is 19.2 Å². The number of esters is 1. The highest BCUT2D eigenvalue weighted by molar-refractivity contribution is 6.05. The van der Waals surface area contributed by atoms with Crippen molar-refractivity contribution in [1.29, 1.82) is 0 Å². The Hall–Kier alpha value is -3.55. The number of hydrogen-bond donors (Lipinski definition) is 2. The van der Waals surface area contributed by atoms with E-state index in [4.69, 9.17) is 19.3 Å². The first-order valence-electron chi connectivity index (χ1n) is 9.43. The van der Waals surface area contributed by atoms with Crippen molar-refractivity contribution in [2.45, 2.75) is 33.8 Å². The number of anilines is 1. The highest BCUT2D eigenvalue weighted by Crippen LogP contribution is 2.42. The van der Waals surface area contributed by atoms with E-state index in [1.807, 2.05) is 13.8 Å². The topological polar surface area (TPSA) is 111 Å². The molecule has 0 atom stereocenters. The van der Waals surface area contributed by atoms with Crippen molar-refractivity contribution in [2.24, 2.45) is 5.92 Å². The van der Waals surface area contributed by atoms with Gasteiger partial charge in [-0.3, -0.25) is 10.1 Å². The molecule has 8 heteroatoms. The highest BCUT2D eigenvalue weighted by atomic mass is 16.5. The Morgan fingerprint density at radius 2 is 2.00 bits per heavy atom. The minimum Gasteiger partial charge on any atom is -0.495 e. The van der Waals surface area contributed by atoms with Crippen LogP contribution in [0.25, 0.3) is 0 Å². The minimum absolute atomic E-state index is 0.0143. The van der Waals surface area contributed by atoms with Gasteiger partial charge in [-0.2, -0.15) is 0 Å². The van der Waals surface area contributed by atoms with Gasteiger partial charge in [-0.05, 0) is 42.7 Å². The number of aryl methyl sites for hydroxylation is 1. The van der Waals surface area contributed by atoms with Crippen molar-refractivity contribution in [2.75, 3.05) is 12.4 Å². The average Bonchev–Trinajstić information content (AvgIpc) is 2.65. The normalized spacial score (nSPS) is 12.6. The van der Waals surface area contributed by atoms with Crippen LogP contribution < -0.4 is 14.8 Å². The quantitative estimate of drug-likeness (QED) is 0.536. The molecule has 1 aliphatic rings. The molecule has 1 amide bonds. The van der Waals surface area contributed by atoms with Crippen LogP contribution in [0.1, 0.15) is 52.1 Å². The van der Waals surface area contributed by atoms with Gasteiger partial charge in [0.25, 0.3) is 0 Å². The Balaban J connectivity index is 2.16. The largest absolute Gasteiger partial charge is 0.495 e. The zero-order chi connectivity index (χ0) is 22.0. The molecule has 3 rings (SSSR count). The molecule has 0 bridgehead atoms. The minimum atomic E-state index is -1.25. The molecule has 0 aromatic heterocycles. The number of amides is 1. The number of hydrogen-bond acceptors (Lipinski definition) is 6. The molecular weight excluding hydrogens is 390 g/mol. The molecule has 2 N–H and O–H groups in total. The third-order valence-electron chi connectivity index (χ3n) is 4.54. The molecule has 1 aliphatic heterocycles. The number of rotatable bonds is 5. The van der Waals surface area contributed by atoms with Crippen molar-refractivity contribution in [1.82, 2.24) is 0 Å². The number of nitrogens with one attached hydrogen (secondary N) is 1. The fraction of sp³-hybridized carbons (Fsp3) is 0.318. The van der Waals surface area contributed by atoms with Crippen LogP contribution in [0.15, 0.2) is 24.3 Å². The first-order chi connectivity index (χ1) is 14.2. The summed E-state index contributed by atoms with van der Waals surface area (Å²) in [7, 11) is 1.36. The van der Waals surface area contributed by atoms with Crippen LogP contribution >= 0.6 is 0 Å². The fourth-order valence-electron chi connectivity index (χ4n) is 3.36. The maximum absolute atomic E-state index is 12.8. The van der Waals surface area contributed by atoms with Crippen LogP contribution in [0.4, 0.5) is 10.5 Å². The second kappa shape index (κ2) is 8.44. The summed E-state index contributed by atoms with van der Waals surface area (Å²) in [4.78, 5) is 36.6. The lowest BCUT2D eigenvalue weighted by molar-refractivity contribution is 0.0455. The van der Waals surface area contributed by atoms with Crippen molar-refractivity contribution in [3.05, 3.63) is 46.5 Å². The van der Waals surface area contributed by atoms with E-state index < -0.39 is 12.1 Å². The van der Waals surface area contributed by atoms with Crippen molar-refractivity contribution >= 4 is 23.5 Å². The molecule has 0 saturated carbocycles. The first-order valence-corrected chi connectivity index (χ1v) is 9.43. The molecule has 0 unspecified atom stereocenters. The van der Waals surface area contributed by atoms with Gasteiger partial charge < -0.3 is 19.3 Å². The maximum atomic E-state index is 12.8. The zero-order valence-corrected chi connectivity index (χ0v) is 17.2. The van der Waals surface area contributed by atoms with Gasteiger partial charge in [-0.1, -0.05) is 13.8 Å². The van der Waals surface area contributed by atoms with Gasteiger partial charge >= 0.3 is 12.1 Å². The molecule has 2 aromatic rings. The molecule has 0 aliphatic carbocycles. The molecule has 1 heterocycles. The van der Waals surface area contributed by atoms with E-state index in [-0.39, 0.29) is 52.4 Å². The molecule has 30 heavy (non-hydrogen) atoms. The first kappa shape index (κ1) is 21.2. The summed E-state index contributed by atoms with van der Waals surface area (Å²) in [6.45, 7) is 5.50. The standard InChI is InChI=1S/C22H23NO7/c1-11(2)7-16(24)14-5-6-17-18(20(14)28-4)21(25)29-10-13-8-12(3)9-15(19(13)30-17)23-22(26)27/h5-6,8-9,11,23H,7,10H2,1-4H3,(H,26,27). The van der Waals surface area contributed by atoms with Gasteiger partial charge in [0.2, 0.25) is 0 Å². The number of Topliss-reactive ketones (excluding diaryl/α,β-unsaturated/α-hetero) is 1. The third kappa shape index (κ3) is 4.22. The van der Waals surface area contributed by atoms with Crippen LogP contribution in [-0.4, -0.2) is 30.1 Å². The Morgan fingerprint density at radius 1 is 1.27 bits per heavy atom. The van der Waals surface area contributed by atoms with Crippen LogP contribution in [0.2, 0.25) is 0 Å². The van der Waals surface area contributed by atoms with Crippen LogP contribution in [-0.2, 0) is 11.3 Å². The van der Waals surface area contributed by atoms with Crippen molar-refractivity contribution in [3.63, 3.8) is 0 Å². The van der Waals surface area contributed by atoms with Crippen molar-refractivity contribution < 1.29 is 33.7 Å². The number of methoxy groups -OCH3 is 1. The van der Waals surface area contributed by atoms with E-state index in [9.17, 15) is 14.4 Å². The van der Waals surface area contributed by atoms with Gasteiger partial charge in [-0.25, -0.2) is 9.59 Å². The number of ketones is 1. The summed E-state index contributed by atoms with van der Waals surface area (Å²) < 4.78 is 16.8. The lowest BCUT2D eigenvalue weighted by atomic mass is 9.97. The van der Waals surface area contributed by atoms with Gasteiger partial charge in [0, 0.05) is 12.0 Å². The molecular formula is C22H23NO7. The van der Waals surface area contributed by atoms with E-state index in [0.29, 0.717) is 12.0 Å². The SMILES string of the molecule is COc1c(C(=O)CC(C)C)ccc2c1C(=O)OCc1cc(C)cc(NC(=O)O)c1O2. The molecule has 0 fully saturated rings. The van der Waals surface area contributed by atoms with E-state index in [0.717, 1.165) is 5.56 Å². The van der Waals surface area contributed by atoms with Crippen LogP contribution in [0, 0.1) is 12.8 Å². The van der Waals surface area contributed by atoms with E-state index >= 15 is 0 Å². The summed E-state index contributed by atoms with van der Waals surface area (Å²) >= 11 is 0. The van der Waals surface area contributed by atoms with E-state index in [1.54, 1.807) is 19.1 Å². The molecule has 0 saturated heterocycles. The fourth-order valence-corrected chi connectivity index (χ4v) is 3.36. The maximum Gasteiger partial charge on any atom is 0.409 e. The summed E-state index contributed by atoms with van der Waals surface area (Å²) in [5, 5.41) is 11.5. The monoisotopic (exact) mass is 413 g/mol.